The van der Waals surface area contributed by atoms with E-state index >= 15 is 0 Å². The quantitative estimate of drug-likeness (QED) is 0.381. The molecule has 0 fully saturated rings. The van der Waals surface area contributed by atoms with Crippen LogP contribution >= 0.6 is 22.6 Å². The van der Waals surface area contributed by atoms with Crippen molar-refractivity contribution in [2.45, 2.75) is 46.0 Å². The van der Waals surface area contributed by atoms with Crippen LogP contribution in [-0.4, -0.2) is 4.43 Å². The molecule has 0 aliphatic heterocycles. The third kappa shape index (κ3) is 8.73. The lowest BCUT2D eigenvalue weighted by molar-refractivity contribution is 0.526. The van der Waals surface area contributed by atoms with Crippen molar-refractivity contribution in [2.24, 2.45) is 5.92 Å². The SMILES string of the molecule is CC(C)CCCCCCI. The summed E-state index contributed by atoms with van der Waals surface area (Å²) in [4.78, 5) is 0. The molecule has 0 aromatic carbocycles. The second-order valence-electron chi connectivity index (χ2n) is 3.29. The smallest absolute Gasteiger partial charge is 0.000473 e. The highest BCUT2D eigenvalue weighted by molar-refractivity contribution is 14.1. The van der Waals surface area contributed by atoms with Crippen LogP contribution in [0.25, 0.3) is 0 Å². The Balaban J connectivity index is 2.77. The van der Waals surface area contributed by atoms with Gasteiger partial charge in [-0.3, -0.25) is 0 Å². The van der Waals surface area contributed by atoms with E-state index in [2.05, 4.69) is 36.4 Å². The van der Waals surface area contributed by atoms with Crippen molar-refractivity contribution >= 4 is 22.6 Å². The number of unbranched alkanes of at least 4 members (excludes halogenated alkanes) is 3. The number of halogens is 1. The van der Waals surface area contributed by atoms with Gasteiger partial charge in [-0.1, -0.05) is 62.1 Å². The zero-order chi connectivity index (χ0) is 7.82. The highest BCUT2D eigenvalue weighted by atomic mass is 127. The summed E-state index contributed by atoms with van der Waals surface area (Å²) in [5.41, 5.74) is 0. The van der Waals surface area contributed by atoms with Gasteiger partial charge < -0.3 is 0 Å². The molecule has 0 bridgehead atoms. The van der Waals surface area contributed by atoms with Crippen LogP contribution in [0.3, 0.4) is 0 Å². The molecular formula is C9H19I. The van der Waals surface area contributed by atoms with E-state index < -0.39 is 0 Å². The monoisotopic (exact) mass is 254 g/mol. The van der Waals surface area contributed by atoms with E-state index in [-0.39, 0.29) is 0 Å². The maximum absolute atomic E-state index is 2.45. The molecule has 0 aromatic heterocycles. The molecule has 0 aliphatic carbocycles. The lowest BCUT2D eigenvalue weighted by Gasteiger charge is -2.02. The molecule has 0 aromatic rings. The summed E-state index contributed by atoms with van der Waals surface area (Å²) < 4.78 is 1.33. The zero-order valence-corrected chi connectivity index (χ0v) is 9.36. The normalized spacial score (nSPS) is 10.8. The second-order valence-corrected chi connectivity index (χ2v) is 4.36. The largest absolute Gasteiger partial charge is 0.0864 e. The minimum Gasteiger partial charge on any atom is -0.0864 e. The Morgan fingerprint density at radius 1 is 1.00 bits per heavy atom. The minimum absolute atomic E-state index is 0.902. The van der Waals surface area contributed by atoms with Crippen molar-refractivity contribution in [2.75, 3.05) is 4.43 Å². The van der Waals surface area contributed by atoms with E-state index in [4.69, 9.17) is 0 Å². The number of hydrogen-bond acceptors (Lipinski definition) is 0. The molecule has 62 valence electrons. The van der Waals surface area contributed by atoms with Crippen LogP contribution in [-0.2, 0) is 0 Å². The van der Waals surface area contributed by atoms with Crippen LogP contribution < -0.4 is 0 Å². The van der Waals surface area contributed by atoms with E-state index in [9.17, 15) is 0 Å². The van der Waals surface area contributed by atoms with Crippen LogP contribution in [0.4, 0.5) is 0 Å². The lowest BCUT2D eigenvalue weighted by Crippen LogP contribution is -1.86. The maximum atomic E-state index is 2.45. The molecule has 0 saturated carbocycles. The minimum atomic E-state index is 0.902. The summed E-state index contributed by atoms with van der Waals surface area (Å²) in [5, 5.41) is 0. The average molecular weight is 254 g/mol. The van der Waals surface area contributed by atoms with Gasteiger partial charge in [0.25, 0.3) is 0 Å². The first-order valence-corrected chi connectivity index (χ1v) is 5.86. The van der Waals surface area contributed by atoms with E-state index in [1.165, 1.54) is 36.5 Å². The Bertz CT molecular complexity index is 59.7. The molecule has 0 heterocycles. The molecule has 1 heteroatoms. The third-order valence-electron chi connectivity index (χ3n) is 1.67. The van der Waals surface area contributed by atoms with Crippen LogP contribution in [0.5, 0.6) is 0 Å². The van der Waals surface area contributed by atoms with Crippen LogP contribution in [0.1, 0.15) is 46.0 Å². The predicted octanol–water partition coefficient (Wildman–Crippen LogP) is 4.03. The van der Waals surface area contributed by atoms with Crippen molar-refractivity contribution in [3.8, 4) is 0 Å². The highest BCUT2D eigenvalue weighted by Gasteiger charge is 1.92. The molecule has 0 nitrogen and oxygen atoms in total. The van der Waals surface area contributed by atoms with Gasteiger partial charge >= 0.3 is 0 Å². The summed E-state index contributed by atoms with van der Waals surface area (Å²) in [6, 6.07) is 0. The fourth-order valence-corrected chi connectivity index (χ4v) is 1.54. The summed E-state index contributed by atoms with van der Waals surface area (Å²) in [6.45, 7) is 4.61. The first-order chi connectivity index (χ1) is 4.77. The Hall–Kier alpha value is 0.730. The van der Waals surface area contributed by atoms with Gasteiger partial charge in [0.2, 0.25) is 0 Å². The van der Waals surface area contributed by atoms with Crippen molar-refractivity contribution in [1.29, 1.82) is 0 Å². The summed E-state index contributed by atoms with van der Waals surface area (Å²) in [6.07, 6.45) is 7.16. The molecule has 0 radical (unpaired) electrons. The topological polar surface area (TPSA) is 0 Å². The van der Waals surface area contributed by atoms with Crippen LogP contribution in [0, 0.1) is 5.92 Å². The van der Waals surface area contributed by atoms with E-state index in [0.717, 1.165) is 5.92 Å². The summed E-state index contributed by atoms with van der Waals surface area (Å²) in [5.74, 6) is 0.902. The van der Waals surface area contributed by atoms with Gasteiger partial charge in [0.05, 0.1) is 0 Å². The number of rotatable bonds is 6. The summed E-state index contributed by atoms with van der Waals surface area (Å²) in [7, 11) is 0. The second kappa shape index (κ2) is 7.83. The fourth-order valence-electron chi connectivity index (χ4n) is 1.00. The van der Waals surface area contributed by atoms with Gasteiger partial charge in [0.15, 0.2) is 0 Å². The molecule has 10 heavy (non-hydrogen) atoms. The van der Waals surface area contributed by atoms with Crippen LogP contribution in [0.15, 0.2) is 0 Å². The molecule has 0 atom stereocenters. The van der Waals surface area contributed by atoms with Gasteiger partial charge in [-0.2, -0.15) is 0 Å². The molecular weight excluding hydrogens is 235 g/mol. The van der Waals surface area contributed by atoms with Gasteiger partial charge in [0, 0.05) is 0 Å². The van der Waals surface area contributed by atoms with Gasteiger partial charge in [-0.25, -0.2) is 0 Å². The highest BCUT2D eigenvalue weighted by Crippen LogP contribution is 2.09. The molecule has 0 aliphatic rings. The van der Waals surface area contributed by atoms with E-state index in [1.54, 1.807) is 0 Å². The van der Waals surface area contributed by atoms with Gasteiger partial charge in [-0.05, 0) is 16.8 Å². The Morgan fingerprint density at radius 2 is 1.60 bits per heavy atom. The molecule has 0 saturated heterocycles. The van der Waals surface area contributed by atoms with Gasteiger partial charge in [0.1, 0.15) is 0 Å². The standard InChI is InChI=1S/C9H19I/c1-9(2)7-5-3-4-6-8-10/h9H,3-8H2,1-2H3. The molecule has 0 unspecified atom stereocenters. The van der Waals surface area contributed by atoms with Crippen molar-refractivity contribution < 1.29 is 0 Å². The van der Waals surface area contributed by atoms with Crippen molar-refractivity contribution in [3.63, 3.8) is 0 Å². The fraction of sp³-hybridized carbons (Fsp3) is 1.00. The molecule has 0 rings (SSSR count). The molecule has 0 amide bonds. The van der Waals surface area contributed by atoms with Crippen molar-refractivity contribution in [3.05, 3.63) is 0 Å². The molecule has 0 N–H and O–H groups in total. The Morgan fingerprint density at radius 3 is 2.10 bits per heavy atom. The zero-order valence-electron chi connectivity index (χ0n) is 7.20. The van der Waals surface area contributed by atoms with Crippen LogP contribution in [0.2, 0.25) is 0 Å². The van der Waals surface area contributed by atoms with Gasteiger partial charge in [-0.15, -0.1) is 0 Å². The average Bonchev–Trinajstić information content (AvgIpc) is 1.87. The molecule has 0 spiro atoms. The first kappa shape index (κ1) is 10.7. The summed E-state index contributed by atoms with van der Waals surface area (Å²) >= 11 is 2.45. The van der Waals surface area contributed by atoms with Crippen molar-refractivity contribution in [1.82, 2.24) is 0 Å². The number of hydrogen-bond donors (Lipinski definition) is 0. The lowest BCUT2D eigenvalue weighted by atomic mass is 10.1. The Labute approximate surface area is 78.9 Å². The Kier molecular flexibility index (Phi) is 8.40. The first-order valence-electron chi connectivity index (χ1n) is 4.33. The van der Waals surface area contributed by atoms with E-state index in [0.29, 0.717) is 0 Å². The van der Waals surface area contributed by atoms with E-state index in [1.807, 2.05) is 0 Å². The predicted molar refractivity (Wildman–Crippen MR) is 56.8 cm³/mol. The third-order valence-corrected chi connectivity index (χ3v) is 2.43. The maximum Gasteiger partial charge on any atom is -0.000473 e. The number of alkyl halides is 1.